The van der Waals surface area contributed by atoms with Crippen LogP contribution in [0.15, 0.2) is 42.5 Å². The lowest BCUT2D eigenvalue weighted by atomic mass is 9.76. The van der Waals surface area contributed by atoms with Crippen LogP contribution < -0.4 is 0 Å². The van der Waals surface area contributed by atoms with Gasteiger partial charge < -0.3 is 15.1 Å². The van der Waals surface area contributed by atoms with Crippen LogP contribution >= 0.6 is 0 Å². The summed E-state index contributed by atoms with van der Waals surface area (Å²) in [4.78, 5) is 13.5. The van der Waals surface area contributed by atoms with Gasteiger partial charge in [-0.15, -0.1) is 0 Å². The number of allylic oxidation sites excluding steroid dienone is 1. The topological polar surface area (TPSA) is 60.8 Å². The van der Waals surface area contributed by atoms with Crippen molar-refractivity contribution in [2.24, 2.45) is 5.92 Å². The van der Waals surface area contributed by atoms with E-state index in [1.807, 2.05) is 18.2 Å². The SMILES string of the molecule is CN(C)C(=O)C[C@@]1(O)CCC[C@H](/C=C/C(O)CCCCc2ccccc2)C1. The number of hydrogen-bond donors (Lipinski definition) is 2. The Balaban J connectivity index is 1.71. The molecule has 0 bridgehead atoms. The van der Waals surface area contributed by atoms with Crippen molar-refractivity contribution in [3.8, 4) is 0 Å². The summed E-state index contributed by atoms with van der Waals surface area (Å²) in [6.45, 7) is 0. The van der Waals surface area contributed by atoms with E-state index in [-0.39, 0.29) is 18.2 Å². The minimum absolute atomic E-state index is 0.0272. The Morgan fingerprint density at radius 1 is 1.30 bits per heavy atom. The third-order valence-electron chi connectivity index (χ3n) is 5.50. The molecule has 1 aliphatic rings. The molecule has 1 unspecified atom stereocenters. The molecule has 1 fully saturated rings. The molecular weight excluding hydrogens is 338 g/mol. The van der Waals surface area contributed by atoms with Crippen molar-refractivity contribution in [3.05, 3.63) is 48.0 Å². The number of nitrogens with zero attached hydrogens (tertiary/aromatic N) is 1. The molecule has 2 rings (SSSR count). The van der Waals surface area contributed by atoms with E-state index in [1.165, 1.54) is 10.5 Å². The molecule has 27 heavy (non-hydrogen) atoms. The van der Waals surface area contributed by atoms with Gasteiger partial charge in [0, 0.05) is 14.1 Å². The second-order valence-corrected chi connectivity index (χ2v) is 8.23. The summed E-state index contributed by atoms with van der Waals surface area (Å²) in [7, 11) is 3.44. The first-order valence-corrected chi connectivity index (χ1v) is 10.2. The minimum atomic E-state index is -0.907. The number of rotatable bonds is 9. The van der Waals surface area contributed by atoms with Crippen LogP contribution in [0, 0.1) is 5.92 Å². The van der Waals surface area contributed by atoms with Gasteiger partial charge in [-0.1, -0.05) is 48.9 Å². The molecule has 0 spiro atoms. The normalized spacial score (nSPS) is 24.1. The van der Waals surface area contributed by atoms with Gasteiger partial charge in [0.1, 0.15) is 0 Å². The number of unbranched alkanes of at least 4 members (excludes halogenated alkanes) is 1. The molecule has 2 N–H and O–H groups in total. The molecule has 4 heteroatoms. The smallest absolute Gasteiger partial charge is 0.224 e. The van der Waals surface area contributed by atoms with Crippen LogP contribution in [-0.4, -0.2) is 46.8 Å². The molecular formula is C23H35NO3. The lowest BCUT2D eigenvalue weighted by Crippen LogP contribution is -2.40. The van der Waals surface area contributed by atoms with Gasteiger partial charge in [-0.3, -0.25) is 4.79 Å². The maximum atomic E-state index is 11.9. The van der Waals surface area contributed by atoms with Gasteiger partial charge in [-0.05, 0) is 56.4 Å². The summed E-state index contributed by atoms with van der Waals surface area (Å²) in [5.41, 5.74) is 0.436. The predicted molar refractivity (Wildman–Crippen MR) is 109 cm³/mol. The zero-order valence-corrected chi connectivity index (χ0v) is 16.8. The first kappa shape index (κ1) is 21.6. The number of aliphatic hydroxyl groups is 2. The van der Waals surface area contributed by atoms with Crippen molar-refractivity contribution in [1.29, 1.82) is 0 Å². The Kier molecular flexibility index (Phi) is 8.52. The fourth-order valence-corrected chi connectivity index (χ4v) is 3.86. The predicted octanol–water partition coefficient (Wildman–Crippen LogP) is 3.72. The molecule has 1 saturated carbocycles. The van der Waals surface area contributed by atoms with Crippen molar-refractivity contribution >= 4 is 5.91 Å². The van der Waals surface area contributed by atoms with E-state index in [0.29, 0.717) is 12.8 Å². The van der Waals surface area contributed by atoms with Crippen LogP contribution in [0.3, 0.4) is 0 Å². The second-order valence-electron chi connectivity index (χ2n) is 8.23. The van der Waals surface area contributed by atoms with Crippen LogP contribution in [0.5, 0.6) is 0 Å². The van der Waals surface area contributed by atoms with Gasteiger partial charge >= 0.3 is 0 Å². The summed E-state index contributed by atoms with van der Waals surface area (Å²) >= 11 is 0. The summed E-state index contributed by atoms with van der Waals surface area (Å²) in [5, 5.41) is 21.0. The van der Waals surface area contributed by atoms with Crippen molar-refractivity contribution < 1.29 is 15.0 Å². The summed E-state index contributed by atoms with van der Waals surface area (Å²) in [5.74, 6) is 0.207. The Hall–Kier alpha value is -1.65. The fraction of sp³-hybridized carbons (Fsp3) is 0.609. The average molecular weight is 374 g/mol. The van der Waals surface area contributed by atoms with Crippen molar-refractivity contribution in [1.82, 2.24) is 4.90 Å². The van der Waals surface area contributed by atoms with E-state index < -0.39 is 11.7 Å². The van der Waals surface area contributed by atoms with Gasteiger partial charge in [0.15, 0.2) is 0 Å². The standard InChI is InChI=1S/C23H35NO3/c1-24(2)22(26)18-23(27)16-8-12-20(17-23)14-15-21(25)13-7-6-11-19-9-4-3-5-10-19/h3-5,9-10,14-15,20-21,25,27H,6-8,11-13,16-18H2,1-2H3/b15-14+/t20-,21?,23-/m1/s1. The number of benzene rings is 1. The highest BCUT2D eigenvalue weighted by molar-refractivity contribution is 5.76. The molecule has 150 valence electrons. The zero-order valence-electron chi connectivity index (χ0n) is 16.8. The molecule has 0 saturated heterocycles. The van der Waals surface area contributed by atoms with E-state index >= 15 is 0 Å². The lowest BCUT2D eigenvalue weighted by Gasteiger charge is -2.36. The van der Waals surface area contributed by atoms with E-state index in [1.54, 1.807) is 14.1 Å². The van der Waals surface area contributed by atoms with Gasteiger partial charge in [0.05, 0.1) is 18.1 Å². The minimum Gasteiger partial charge on any atom is -0.389 e. The van der Waals surface area contributed by atoms with Gasteiger partial charge in [-0.25, -0.2) is 0 Å². The Morgan fingerprint density at radius 2 is 2.04 bits per heavy atom. The number of amides is 1. The maximum absolute atomic E-state index is 11.9. The lowest BCUT2D eigenvalue weighted by molar-refractivity contribution is -0.135. The number of aryl methyl sites for hydroxylation is 1. The third kappa shape index (κ3) is 7.86. The number of carbonyl (C=O) groups is 1. The van der Waals surface area contributed by atoms with Crippen LogP contribution in [0.4, 0.5) is 0 Å². The molecule has 1 aromatic carbocycles. The Morgan fingerprint density at radius 3 is 2.74 bits per heavy atom. The van der Waals surface area contributed by atoms with E-state index in [2.05, 4.69) is 24.3 Å². The molecule has 0 aliphatic heterocycles. The number of hydrogen-bond acceptors (Lipinski definition) is 3. The fourth-order valence-electron chi connectivity index (χ4n) is 3.86. The average Bonchev–Trinajstić information content (AvgIpc) is 2.64. The molecule has 0 aromatic heterocycles. The molecule has 4 nitrogen and oxygen atoms in total. The highest BCUT2D eigenvalue weighted by Crippen LogP contribution is 2.36. The van der Waals surface area contributed by atoms with Crippen molar-refractivity contribution in [2.75, 3.05) is 14.1 Å². The molecule has 3 atom stereocenters. The van der Waals surface area contributed by atoms with E-state index in [4.69, 9.17) is 0 Å². The first-order chi connectivity index (χ1) is 12.9. The Labute approximate surface area is 163 Å². The summed E-state index contributed by atoms with van der Waals surface area (Å²) in [6, 6.07) is 10.4. The highest BCUT2D eigenvalue weighted by atomic mass is 16.3. The summed E-state index contributed by atoms with van der Waals surface area (Å²) in [6.07, 6.45) is 10.8. The number of aliphatic hydroxyl groups excluding tert-OH is 1. The first-order valence-electron chi connectivity index (χ1n) is 10.2. The van der Waals surface area contributed by atoms with Gasteiger partial charge in [0.2, 0.25) is 5.91 Å². The van der Waals surface area contributed by atoms with Gasteiger partial charge in [0.25, 0.3) is 0 Å². The second kappa shape index (κ2) is 10.6. The molecule has 1 aliphatic carbocycles. The van der Waals surface area contributed by atoms with Crippen molar-refractivity contribution in [3.63, 3.8) is 0 Å². The van der Waals surface area contributed by atoms with Crippen LogP contribution in [0.2, 0.25) is 0 Å². The molecule has 0 heterocycles. The van der Waals surface area contributed by atoms with Crippen LogP contribution in [0.1, 0.15) is 56.9 Å². The molecule has 1 aromatic rings. The molecule has 0 radical (unpaired) electrons. The van der Waals surface area contributed by atoms with Gasteiger partial charge in [-0.2, -0.15) is 0 Å². The largest absolute Gasteiger partial charge is 0.389 e. The molecule has 1 amide bonds. The number of carbonyl (C=O) groups excluding carboxylic acids is 1. The highest BCUT2D eigenvalue weighted by Gasteiger charge is 2.35. The zero-order chi connectivity index (χ0) is 19.7. The summed E-state index contributed by atoms with van der Waals surface area (Å²) < 4.78 is 0. The van der Waals surface area contributed by atoms with E-state index in [0.717, 1.165) is 38.5 Å². The van der Waals surface area contributed by atoms with E-state index in [9.17, 15) is 15.0 Å². The Bertz CT molecular complexity index is 599. The van der Waals surface area contributed by atoms with Crippen LogP contribution in [-0.2, 0) is 11.2 Å². The third-order valence-corrected chi connectivity index (χ3v) is 5.50. The monoisotopic (exact) mass is 373 g/mol. The quantitative estimate of drug-likeness (QED) is 0.512. The van der Waals surface area contributed by atoms with Crippen LogP contribution in [0.25, 0.3) is 0 Å². The van der Waals surface area contributed by atoms with Crippen molar-refractivity contribution in [2.45, 2.75) is 69.5 Å². The maximum Gasteiger partial charge on any atom is 0.224 e.